The number of rotatable bonds is 7. The van der Waals surface area contributed by atoms with Crippen LogP contribution in [0.4, 0.5) is 17.1 Å². The third kappa shape index (κ3) is 5.26. The number of nitriles is 2. The molecule has 3 aromatic rings. The molecule has 3 aromatic carbocycles. The Bertz CT molecular complexity index is 1210. The van der Waals surface area contributed by atoms with Gasteiger partial charge in [0.05, 0.1) is 35.7 Å². The molecule has 0 unspecified atom stereocenters. The maximum Gasteiger partial charge on any atom is 0.135 e. The van der Waals surface area contributed by atoms with E-state index in [2.05, 4.69) is 11.4 Å². The number of hydrogen-bond acceptors (Lipinski definition) is 6. The summed E-state index contributed by atoms with van der Waals surface area (Å²) in [4.78, 5) is 0. The molecule has 0 heterocycles. The van der Waals surface area contributed by atoms with Crippen molar-refractivity contribution in [3.8, 4) is 23.6 Å². The number of nitrogens with one attached hydrogen (secondary N) is 1. The number of benzene rings is 3. The Labute approximate surface area is 188 Å². The predicted molar refractivity (Wildman–Crippen MR) is 127 cm³/mol. The Morgan fingerprint density at radius 2 is 1.72 bits per heavy atom. The van der Waals surface area contributed by atoms with Gasteiger partial charge in [-0.3, -0.25) is 0 Å². The standard InChI is InChI=1S/C26H24N4O2/c1-17-11-20(5-4-10-27)12-18(2)26(17)32-25-14-24(23(29)13-21(25)16-31-3)30-22-8-6-19(15-28)7-9-22/h4-9,11-14,30H,16,29H2,1-3H3/b5-4+. The number of nitrogen functional groups attached to an aromatic ring is 1. The summed E-state index contributed by atoms with van der Waals surface area (Å²) < 4.78 is 11.7. The smallest absolute Gasteiger partial charge is 0.135 e. The number of hydrogen-bond donors (Lipinski definition) is 2. The van der Waals surface area contributed by atoms with E-state index < -0.39 is 0 Å². The van der Waals surface area contributed by atoms with Crippen LogP contribution >= 0.6 is 0 Å². The number of aryl methyl sites for hydroxylation is 2. The first kappa shape index (κ1) is 22.4. The Morgan fingerprint density at radius 3 is 2.31 bits per heavy atom. The molecule has 0 aliphatic heterocycles. The molecule has 160 valence electrons. The number of methoxy groups -OCH3 is 1. The van der Waals surface area contributed by atoms with Crippen LogP contribution < -0.4 is 15.8 Å². The van der Waals surface area contributed by atoms with Crippen molar-refractivity contribution in [2.45, 2.75) is 20.5 Å². The molecule has 3 rings (SSSR count). The van der Waals surface area contributed by atoms with Crippen LogP contribution in [0.3, 0.4) is 0 Å². The molecular weight excluding hydrogens is 400 g/mol. The van der Waals surface area contributed by atoms with Gasteiger partial charge < -0.3 is 20.5 Å². The molecule has 6 nitrogen and oxygen atoms in total. The highest BCUT2D eigenvalue weighted by atomic mass is 16.5. The summed E-state index contributed by atoms with van der Waals surface area (Å²) in [7, 11) is 1.62. The van der Waals surface area contributed by atoms with Crippen molar-refractivity contribution in [2.75, 3.05) is 18.2 Å². The number of anilines is 3. The van der Waals surface area contributed by atoms with Crippen molar-refractivity contribution in [1.82, 2.24) is 0 Å². The molecule has 0 amide bonds. The Morgan fingerprint density at radius 1 is 1.03 bits per heavy atom. The van der Waals surface area contributed by atoms with E-state index >= 15 is 0 Å². The van der Waals surface area contributed by atoms with E-state index in [0.717, 1.165) is 33.7 Å². The normalized spacial score (nSPS) is 10.5. The molecule has 0 radical (unpaired) electrons. The fraction of sp³-hybridized carbons (Fsp3) is 0.154. The largest absolute Gasteiger partial charge is 0.456 e. The monoisotopic (exact) mass is 424 g/mol. The van der Waals surface area contributed by atoms with Gasteiger partial charge in [-0.25, -0.2) is 0 Å². The van der Waals surface area contributed by atoms with E-state index in [0.29, 0.717) is 29.3 Å². The van der Waals surface area contributed by atoms with Gasteiger partial charge in [-0.05, 0) is 79.1 Å². The summed E-state index contributed by atoms with van der Waals surface area (Å²) >= 11 is 0. The van der Waals surface area contributed by atoms with Crippen molar-refractivity contribution < 1.29 is 9.47 Å². The summed E-state index contributed by atoms with van der Waals surface area (Å²) in [5.41, 5.74) is 12.6. The SMILES string of the molecule is COCc1cc(N)c(Nc2ccc(C#N)cc2)cc1Oc1c(C)cc(/C=C/C#N)cc1C. The van der Waals surface area contributed by atoms with Gasteiger partial charge in [-0.1, -0.05) is 0 Å². The van der Waals surface area contributed by atoms with Crippen LogP contribution in [-0.4, -0.2) is 7.11 Å². The molecule has 0 saturated heterocycles. The minimum absolute atomic E-state index is 0.345. The van der Waals surface area contributed by atoms with Crippen molar-refractivity contribution >= 4 is 23.1 Å². The Balaban J connectivity index is 1.97. The maximum atomic E-state index is 8.99. The molecule has 0 atom stereocenters. The molecule has 0 aliphatic carbocycles. The molecule has 6 heteroatoms. The van der Waals surface area contributed by atoms with Crippen LogP contribution in [-0.2, 0) is 11.3 Å². The van der Waals surface area contributed by atoms with Crippen molar-refractivity contribution in [3.63, 3.8) is 0 Å². The van der Waals surface area contributed by atoms with Crippen LogP contribution in [0.2, 0.25) is 0 Å². The number of allylic oxidation sites excluding steroid dienone is 1. The predicted octanol–water partition coefficient (Wildman–Crippen LogP) is 5.98. The van der Waals surface area contributed by atoms with Gasteiger partial charge in [0.25, 0.3) is 0 Å². The van der Waals surface area contributed by atoms with Crippen LogP contribution in [0, 0.1) is 36.5 Å². The van der Waals surface area contributed by atoms with E-state index in [4.69, 9.17) is 25.7 Å². The lowest BCUT2D eigenvalue weighted by Gasteiger charge is -2.18. The van der Waals surface area contributed by atoms with E-state index in [-0.39, 0.29) is 0 Å². The van der Waals surface area contributed by atoms with Gasteiger partial charge in [0, 0.05) is 30.5 Å². The first-order valence-corrected chi connectivity index (χ1v) is 9.99. The highest BCUT2D eigenvalue weighted by Crippen LogP contribution is 2.37. The summed E-state index contributed by atoms with van der Waals surface area (Å²) in [6.45, 7) is 4.28. The highest BCUT2D eigenvalue weighted by Gasteiger charge is 2.14. The molecule has 0 aromatic heterocycles. The zero-order valence-corrected chi connectivity index (χ0v) is 18.3. The average Bonchev–Trinajstić information content (AvgIpc) is 2.78. The van der Waals surface area contributed by atoms with Gasteiger partial charge in [0.2, 0.25) is 0 Å². The maximum absolute atomic E-state index is 8.99. The van der Waals surface area contributed by atoms with Gasteiger partial charge in [-0.2, -0.15) is 10.5 Å². The molecule has 32 heavy (non-hydrogen) atoms. The molecule has 0 saturated carbocycles. The average molecular weight is 425 g/mol. The molecular formula is C26H24N4O2. The second-order valence-electron chi connectivity index (χ2n) is 7.34. The lowest BCUT2D eigenvalue weighted by Crippen LogP contribution is -2.02. The summed E-state index contributed by atoms with van der Waals surface area (Å²) in [5.74, 6) is 1.37. The van der Waals surface area contributed by atoms with Gasteiger partial charge >= 0.3 is 0 Å². The minimum Gasteiger partial charge on any atom is -0.456 e. The van der Waals surface area contributed by atoms with E-state index in [1.54, 1.807) is 25.3 Å². The first-order chi connectivity index (χ1) is 15.4. The lowest BCUT2D eigenvalue weighted by atomic mass is 10.0. The summed E-state index contributed by atoms with van der Waals surface area (Å²) in [5, 5.41) is 21.0. The minimum atomic E-state index is 0.345. The van der Waals surface area contributed by atoms with E-state index in [1.165, 1.54) is 6.08 Å². The third-order valence-corrected chi connectivity index (χ3v) is 4.87. The zero-order valence-electron chi connectivity index (χ0n) is 18.3. The fourth-order valence-electron chi connectivity index (χ4n) is 3.38. The summed E-state index contributed by atoms with van der Waals surface area (Å²) in [6.07, 6.45) is 3.22. The molecule has 0 bridgehead atoms. The van der Waals surface area contributed by atoms with E-state index in [1.807, 2.05) is 56.3 Å². The molecule has 0 fully saturated rings. The van der Waals surface area contributed by atoms with Crippen molar-refractivity contribution in [1.29, 1.82) is 10.5 Å². The highest BCUT2D eigenvalue weighted by molar-refractivity contribution is 5.76. The lowest BCUT2D eigenvalue weighted by molar-refractivity contribution is 0.182. The first-order valence-electron chi connectivity index (χ1n) is 9.99. The Kier molecular flexibility index (Phi) is 7.13. The quantitative estimate of drug-likeness (QED) is 0.357. The topological polar surface area (TPSA) is 104 Å². The summed E-state index contributed by atoms with van der Waals surface area (Å²) in [6, 6.07) is 18.9. The van der Waals surface area contributed by atoms with Crippen molar-refractivity contribution in [3.05, 3.63) is 82.4 Å². The second kappa shape index (κ2) is 10.2. The van der Waals surface area contributed by atoms with Gasteiger partial charge in [-0.15, -0.1) is 0 Å². The molecule has 0 spiro atoms. The van der Waals surface area contributed by atoms with Gasteiger partial charge in [0.15, 0.2) is 0 Å². The zero-order chi connectivity index (χ0) is 23.1. The number of nitrogens with two attached hydrogens (primary N) is 1. The van der Waals surface area contributed by atoms with Crippen LogP contribution in [0.15, 0.2) is 54.6 Å². The Hall–Kier alpha value is -4.26. The van der Waals surface area contributed by atoms with Crippen LogP contribution in [0.1, 0.15) is 27.8 Å². The van der Waals surface area contributed by atoms with Gasteiger partial charge in [0.1, 0.15) is 11.5 Å². The van der Waals surface area contributed by atoms with Crippen LogP contribution in [0.5, 0.6) is 11.5 Å². The third-order valence-electron chi connectivity index (χ3n) is 4.87. The molecule has 0 aliphatic rings. The van der Waals surface area contributed by atoms with Crippen molar-refractivity contribution in [2.24, 2.45) is 0 Å². The fourth-order valence-corrected chi connectivity index (χ4v) is 3.38. The molecule has 3 N–H and O–H groups in total. The van der Waals surface area contributed by atoms with Crippen LogP contribution in [0.25, 0.3) is 6.08 Å². The number of nitrogens with zero attached hydrogens (tertiary/aromatic N) is 2. The second-order valence-corrected chi connectivity index (χ2v) is 7.34. The number of ether oxygens (including phenoxy) is 2. The van der Waals surface area contributed by atoms with E-state index in [9.17, 15) is 0 Å².